The number of nitrogens with zero attached hydrogens (tertiary/aromatic N) is 4. The van der Waals surface area contributed by atoms with E-state index in [9.17, 15) is 63.0 Å². The molecule has 0 spiro atoms. The van der Waals surface area contributed by atoms with Gasteiger partial charge >= 0.3 is 23.5 Å². The normalized spacial score (nSPS) is 24.9. The van der Waals surface area contributed by atoms with Gasteiger partial charge in [0.05, 0.1) is 26.0 Å². The molecule has 2 aromatic rings. The van der Waals surface area contributed by atoms with Crippen LogP contribution in [-0.2, 0) is 56.4 Å². The number of fused-ring (bicyclic) bond motifs is 1. The quantitative estimate of drug-likeness (QED) is 0.0569. The van der Waals surface area contributed by atoms with Crippen LogP contribution in [0.1, 0.15) is 40.0 Å². The van der Waals surface area contributed by atoms with Gasteiger partial charge in [-0.15, -0.1) is 23.5 Å². The number of carbonyl (C=O) groups excluding carboxylic acids is 3. The van der Waals surface area contributed by atoms with Crippen molar-refractivity contribution in [1.82, 2.24) is 30.2 Å². The molecule has 25 nitrogen and oxygen atoms in total. The highest BCUT2D eigenvalue weighted by molar-refractivity contribution is 8.19. The molecule has 7 atom stereocenters. The van der Waals surface area contributed by atoms with Crippen molar-refractivity contribution in [2.75, 3.05) is 49.3 Å². The number of aliphatic hydroxyl groups is 3. The summed E-state index contributed by atoms with van der Waals surface area (Å²) in [6.07, 6.45) is -4.64. The Kier molecular flexibility index (Phi) is 17.0. The summed E-state index contributed by atoms with van der Waals surface area (Å²) in [6, 6.07) is 0. The second-order valence-corrected chi connectivity index (χ2v) is 22.2. The van der Waals surface area contributed by atoms with Gasteiger partial charge in [-0.05, 0) is 24.9 Å². The minimum Gasteiger partial charge on any atom is -0.385 e. The summed E-state index contributed by atoms with van der Waals surface area (Å²) in [5.41, 5.74) is 2.28. The first-order chi connectivity index (χ1) is 27.3. The minimum absolute atomic E-state index is 0.0150. The number of anilines is 1. The van der Waals surface area contributed by atoms with Crippen LogP contribution in [0.5, 0.6) is 0 Å². The van der Waals surface area contributed by atoms with Crippen molar-refractivity contribution in [1.29, 1.82) is 0 Å². The van der Waals surface area contributed by atoms with Crippen molar-refractivity contribution in [2.24, 2.45) is 5.41 Å². The molecular weight excluding hydrogens is 911 g/mol. The highest BCUT2D eigenvalue weighted by atomic mass is 32.2. The first-order valence-corrected chi connectivity index (χ1v) is 24.8. The summed E-state index contributed by atoms with van der Waals surface area (Å²) in [5.74, 6) is 0.279. The summed E-state index contributed by atoms with van der Waals surface area (Å²) in [5, 5.41) is 36.9. The molecule has 31 heteroatoms. The number of amides is 2. The van der Waals surface area contributed by atoms with E-state index in [4.69, 9.17) is 24.0 Å². The summed E-state index contributed by atoms with van der Waals surface area (Å²) in [6.45, 7) is 1.59. The van der Waals surface area contributed by atoms with Gasteiger partial charge in [0, 0.05) is 30.7 Å². The Bertz CT molecular complexity index is 1970. The fourth-order valence-electron chi connectivity index (χ4n) is 5.51. The van der Waals surface area contributed by atoms with Crippen LogP contribution in [0.3, 0.4) is 0 Å². The number of nitrogens with two attached hydrogens (primary N) is 1. The van der Waals surface area contributed by atoms with E-state index in [2.05, 4.69) is 29.9 Å². The van der Waals surface area contributed by atoms with Gasteiger partial charge in [-0.2, -0.15) is 4.31 Å². The van der Waals surface area contributed by atoms with Gasteiger partial charge in [0.15, 0.2) is 26.6 Å². The summed E-state index contributed by atoms with van der Waals surface area (Å²) in [7, 11) is -16.5. The SMILES string of the molecule is CC(C)(COP(=O)(O)OP(=O)(O)OCC1OC(C)(n2cnc3c(N)ncnc32)C(O)C1OP(=O)(O)O)C(O)C(=O)NCCC(=O)NCCSC(=O)CC1(O)SCCCS1. The smallest absolute Gasteiger partial charge is 0.385 e. The number of hydrogen-bond donors (Lipinski definition) is 10. The lowest BCUT2D eigenvalue weighted by atomic mass is 9.87. The lowest BCUT2D eigenvalue weighted by Gasteiger charge is -2.30. The molecule has 11 N–H and O–H groups in total. The average molecular weight is 958 g/mol. The Balaban J connectivity index is 1.23. The van der Waals surface area contributed by atoms with Crippen molar-refractivity contribution in [3.05, 3.63) is 12.7 Å². The lowest BCUT2D eigenvalue weighted by molar-refractivity contribution is -0.137. The van der Waals surface area contributed by atoms with Crippen LogP contribution >= 0.6 is 58.8 Å². The van der Waals surface area contributed by atoms with Crippen LogP contribution in [0.15, 0.2) is 12.7 Å². The van der Waals surface area contributed by atoms with Gasteiger partial charge in [-0.25, -0.2) is 28.6 Å². The van der Waals surface area contributed by atoms with Crippen molar-refractivity contribution >= 4 is 92.7 Å². The van der Waals surface area contributed by atoms with Crippen LogP contribution in [-0.4, -0.2) is 144 Å². The number of rotatable bonds is 21. The molecular formula is C28H46N7O18P3S3. The predicted octanol–water partition coefficient (Wildman–Crippen LogP) is -0.255. The van der Waals surface area contributed by atoms with E-state index in [1.54, 1.807) is 0 Å². The average Bonchev–Trinajstić information content (AvgIpc) is 3.67. The molecule has 2 amide bonds. The van der Waals surface area contributed by atoms with E-state index in [-0.39, 0.29) is 53.8 Å². The predicted molar refractivity (Wildman–Crippen MR) is 211 cm³/mol. The number of carbonyl (C=O) groups is 3. The zero-order valence-corrected chi connectivity index (χ0v) is 36.7. The van der Waals surface area contributed by atoms with E-state index in [1.165, 1.54) is 44.3 Å². The number of nitrogen functional groups attached to an aromatic ring is 1. The van der Waals surface area contributed by atoms with Crippen molar-refractivity contribution in [2.45, 2.75) is 74.4 Å². The molecule has 2 saturated heterocycles. The standard InChI is InChI=1S/C28H46N7O18P3S3/c1-26(2,22(39)25(40)31-6-5-17(36)30-7-10-57-18(37)11-28(41)58-8-4-9-59-28)13-50-56(47,48)53-55(45,46)49-12-16-20(52-54(42,43)44)21(38)27(3,51-16)35-15-34-19-23(29)32-14-33-24(19)35/h14-16,20-22,38-39,41H,4-13H2,1-3H3,(H,30,36)(H,31,40)(H,45,46)(H,47,48)(H2,29,32,33)(H2,42,43,44). The number of phosphoric ester groups is 3. The highest BCUT2D eigenvalue weighted by Crippen LogP contribution is 2.61. The van der Waals surface area contributed by atoms with Crippen molar-refractivity contribution < 1.29 is 85.6 Å². The van der Waals surface area contributed by atoms with Gasteiger partial charge in [0.25, 0.3) is 0 Å². The molecule has 0 radical (unpaired) electrons. The van der Waals surface area contributed by atoms with E-state index in [1.807, 2.05) is 0 Å². The topological polar surface area (TPSA) is 384 Å². The number of aromatic nitrogens is 4. The highest BCUT2D eigenvalue weighted by Gasteiger charge is 2.57. The Labute approximate surface area is 349 Å². The summed E-state index contributed by atoms with van der Waals surface area (Å²) >= 11 is 3.64. The molecule has 334 valence electrons. The molecule has 4 heterocycles. The van der Waals surface area contributed by atoms with Crippen molar-refractivity contribution in [3.8, 4) is 0 Å². The Morgan fingerprint density at radius 3 is 2.41 bits per heavy atom. The van der Waals surface area contributed by atoms with Crippen LogP contribution in [0, 0.1) is 5.41 Å². The molecule has 7 unspecified atom stereocenters. The number of ether oxygens (including phenoxy) is 1. The van der Waals surface area contributed by atoms with Gasteiger partial charge < -0.3 is 56.0 Å². The van der Waals surface area contributed by atoms with E-state index in [0.717, 1.165) is 46.9 Å². The number of phosphoric acid groups is 3. The van der Waals surface area contributed by atoms with Crippen LogP contribution in [0.2, 0.25) is 0 Å². The fourth-order valence-corrected chi connectivity index (χ4v) is 12.0. The fraction of sp³-hybridized carbons (Fsp3) is 0.714. The van der Waals surface area contributed by atoms with Gasteiger partial charge in [-0.1, -0.05) is 25.6 Å². The van der Waals surface area contributed by atoms with Crippen LogP contribution in [0.4, 0.5) is 5.82 Å². The number of thioether (sulfide) groups is 3. The summed E-state index contributed by atoms with van der Waals surface area (Å²) < 4.78 is 61.6. The second kappa shape index (κ2) is 20.2. The number of hydrogen-bond acceptors (Lipinski definition) is 21. The van der Waals surface area contributed by atoms with Crippen LogP contribution in [0.25, 0.3) is 11.2 Å². The Morgan fingerprint density at radius 1 is 1.08 bits per heavy atom. The molecule has 2 aliphatic heterocycles. The molecule has 0 saturated carbocycles. The third kappa shape index (κ3) is 14.1. The first-order valence-electron chi connectivity index (χ1n) is 17.3. The van der Waals surface area contributed by atoms with Gasteiger partial charge in [0.1, 0.15) is 36.3 Å². The maximum absolute atomic E-state index is 12.8. The zero-order valence-electron chi connectivity index (χ0n) is 31.6. The third-order valence-electron chi connectivity index (χ3n) is 8.56. The number of imidazole rings is 1. The van der Waals surface area contributed by atoms with Crippen LogP contribution < -0.4 is 16.4 Å². The molecule has 4 rings (SSSR count). The second-order valence-electron chi connectivity index (χ2n) is 13.8. The monoisotopic (exact) mass is 957 g/mol. The maximum atomic E-state index is 12.8. The van der Waals surface area contributed by atoms with Crippen molar-refractivity contribution in [3.63, 3.8) is 0 Å². The van der Waals surface area contributed by atoms with Gasteiger partial charge in [0.2, 0.25) is 11.8 Å². The summed E-state index contributed by atoms with van der Waals surface area (Å²) in [4.78, 5) is 88.4. The van der Waals surface area contributed by atoms with E-state index < -0.39 is 88.3 Å². The first kappa shape index (κ1) is 49.9. The van der Waals surface area contributed by atoms with E-state index in [0.29, 0.717) is 0 Å². The Hall–Kier alpha value is -1.78. The molecule has 2 fully saturated rings. The molecule has 2 aromatic heterocycles. The molecule has 0 aromatic carbocycles. The van der Waals surface area contributed by atoms with E-state index >= 15 is 0 Å². The number of nitrogens with one attached hydrogen (secondary N) is 2. The minimum atomic E-state index is -5.60. The third-order valence-corrected chi connectivity index (χ3v) is 15.4. The molecule has 0 bridgehead atoms. The largest absolute Gasteiger partial charge is 0.481 e. The number of aliphatic hydroxyl groups excluding tert-OH is 2. The maximum Gasteiger partial charge on any atom is 0.481 e. The zero-order chi connectivity index (χ0) is 44.0. The molecule has 59 heavy (non-hydrogen) atoms. The lowest BCUT2D eigenvalue weighted by Crippen LogP contribution is -2.46. The van der Waals surface area contributed by atoms with Gasteiger partial charge in [-0.3, -0.25) is 32.5 Å². The Morgan fingerprint density at radius 2 is 1.75 bits per heavy atom. The molecule has 0 aliphatic carbocycles. The molecule has 2 aliphatic rings.